The molecular weight excluding hydrogens is 266 g/mol. The normalized spacial score (nSPS) is 10.3. The van der Waals surface area contributed by atoms with Gasteiger partial charge in [-0.25, -0.2) is 14.2 Å². The van der Waals surface area contributed by atoms with Gasteiger partial charge in [-0.2, -0.15) is 5.10 Å². The van der Waals surface area contributed by atoms with Gasteiger partial charge >= 0.3 is 6.09 Å². The summed E-state index contributed by atoms with van der Waals surface area (Å²) in [6.45, 7) is 1.61. The molecule has 10 heteroatoms. The van der Waals surface area contributed by atoms with Gasteiger partial charge in [-0.05, 0) is 6.92 Å². The highest BCUT2D eigenvalue weighted by atomic mass is 16.5. The molecule has 0 bridgehead atoms. The van der Waals surface area contributed by atoms with E-state index in [1.54, 1.807) is 6.92 Å². The van der Waals surface area contributed by atoms with Gasteiger partial charge in [-0.15, -0.1) is 5.10 Å². The van der Waals surface area contributed by atoms with Crippen molar-refractivity contribution in [2.45, 2.75) is 13.5 Å². The fraction of sp³-hybridized carbons (Fsp3) is 0.300. The lowest BCUT2D eigenvalue weighted by atomic mass is 10.4. The molecule has 2 rings (SSSR count). The number of nitrogens with two attached hydrogens (primary N) is 1. The van der Waals surface area contributed by atoms with Gasteiger partial charge in [0.2, 0.25) is 0 Å². The number of rotatable bonds is 3. The molecule has 0 atom stereocenters. The van der Waals surface area contributed by atoms with Crippen LogP contribution in [-0.2, 0) is 11.3 Å². The minimum Gasteiger partial charge on any atom is -0.453 e. The van der Waals surface area contributed by atoms with Gasteiger partial charge in [0.25, 0.3) is 5.91 Å². The van der Waals surface area contributed by atoms with Crippen molar-refractivity contribution in [3.05, 3.63) is 18.1 Å². The summed E-state index contributed by atoms with van der Waals surface area (Å²) in [5.41, 5.74) is 6.62. The molecule has 2 heterocycles. The summed E-state index contributed by atoms with van der Waals surface area (Å²) >= 11 is 0. The highest BCUT2D eigenvalue weighted by Gasteiger charge is 2.12. The molecule has 0 fully saturated rings. The second-order valence-corrected chi connectivity index (χ2v) is 3.93. The van der Waals surface area contributed by atoms with Gasteiger partial charge < -0.3 is 10.5 Å². The molecule has 0 saturated carbocycles. The third kappa shape index (κ3) is 2.91. The number of carbonyl (C=O) groups is 2. The summed E-state index contributed by atoms with van der Waals surface area (Å²) in [5, 5.41) is 13.7. The first-order valence-electron chi connectivity index (χ1n) is 5.59. The van der Waals surface area contributed by atoms with Crippen LogP contribution in [0.3, 0.4) is 0 Å². The van der Waals surface area contributed by atoms with Crippen LogP contribution >= 0.6 is 0 Å². The molecule has 0 aliphatic heterocycles. The minimum absolute atomic E-state index is 0.0869. The van der Waals surface area contributed by atoms with Crippen LogP contribution < -0.4 is 11.1 Å². The number of nitrogens with zero attached hydrogens (tertiary/aromatic N) is 5. The summed E-state index contributed by atoms with van der Waals surface area (Å²) in [6.07, 6.45) is 2.16. The van der Waals surface area contributed by atoms with Gasteiger partial charge in [0.1, 0.15) is 6.54 Å². The van der Waals surface area contributed by atoms with E-state index in [1.807, 2.05) is 0 Å². The van der Waals surface area contributed by atoms with Crippen LogP contribution in [0.4, 0.5) is 16.3 Å². The van der Waals surface area contributed by atoms with E-state index < -0.39 is 6.09 Å². The quantitative estimate of drug-likeness (QED) is 0.801. The van der Waals surface area contributed by atoms with E-state index in [0.717, 1.165) is 4.68 Å². The predicted molar refractivity (Wildman–Crippen MR) is 68.1 cm³/mol. The number of carbonyl (C=O) groups excluding carboxylic acids is 2. The lowest BCUT2D eigenvalue weighted by Gasteiger charge is -1.99. The van der Waals surface area contributed by atoms with Crippen molar-refractivity contribution in [3.63, 3.8) is 0 Å². The second-order valence-electron chi connectivity index (χ2n) is 3.93. The fourth-order valence-corrected chi connectivity index (χ4v) is 1.40. The van der Waals surface area contributed by atoms with Crippen LogP contribution in [0.15, 0.2) is 12.4 Å². The molecule has 2 aromatic rings. The summed E-state index contributed by atoms with van der Waals surface area (Å²) in [6, 6.07) is 0. The lowest BCUT2D eigenvalue weighted by Crippen LogP contribution is -2.19. The van der Waals surface area contributed by atoms with Crippen LogP contribution in [0.25, 0.3) is 0 Å². The Bertz CT molecular complexity index is 626. The van der Waals surface area contributed by atoms with E-state index in [4.69, 9.17) is 5.73 Å². The van der Waals surface area contributed by atoms with Crippen molar-refractivity contribution in [1.82, 2.24) is 24.8 Å². The third-order valence-electron chi connectivity index (χ3n) is 2.44. The Hall–Kier alpha value is -2.91. The van der Waals surface area contributed by atoms with Crippen LogP contribution in [0.5, 0.6) is 0 Å². The molecule has 1 amide bonds. The number of anilines is 2. The SMILES string of the molecule is COC(=O)Nc1cn(CC(=O)n2cc(N)c(C)n2)nn1. The molecule has 0 saturated heterocycles. The number of hydrogen-bond acceptors (Lipinski definition) is 7. The highest BCUT2D eigenvalue weighted by molar-refractivity contribution is 5.83. The van der Waals surface area contributed by atoms with Crippen LogP contribution in [0.1, 0.15) is 10.5 Å². The summed E-state index contributed by atoms with van der Waals surface area (Å²) in [7, 11) is 1.23. The smallest absolute Gasteiger partial charge is 0.412 e. The Morgan fingerprint density at radius 1 is 1.45 bits per heavy atom. The first-order chi connectivity index (χ1) is 9.49. The number of nitrogen functional groups attached to an aromatic ring is 1. The number of aromatic nitrogens is 5. The first kappa shape index (κ1) is 13.5. The fourth-order valence-electron chi connectivity index (χ4n) is 1.40. The van der Waals surface area contributed by atoms with E-state index in [-0.39, 0.29) is 18.3 Å². The maximum absolute atomic E-state index is 11.9. The molecule has 0 radical (unpaired) electrons. The molecule has 0 spiro atoms. The zero-order chi connectivity index (χ0) is 14.7. The molecule has 0 unspecified atom stereocenters. The number of nitrogens with one attached hydrogen (secondary N) is 1. The summed E-state index contributed by atoms with van der Waals surface area (Å²) < 4.78 is 6.81. The van der Waals surface area contributed by atoms with Crippen molar-refractivity contribution in [3.8, 4) is 0 Å². The summed E-state index contributed by atoms with van der Waals surface area (Å²) in [4.78, 5) is 22.9. The van der Waals surface area contributed by atoms with Crippen molar-refractivity contribution < 1.29 is 14.3 Å². The van der Waals surface area contributed by atoms with Crippen molar-refractivity contribution >= 4 is 23.5 Å². The van der Waals surface area contributed by atoms with Gasteiger partial charge in [0.05, 0.1) is 30.9 Å². The van der Waals surface area contributed by atoms with Crippen LogP contribution in [0.2, 0.25) is 0 Å². The van der Waals surface area contributed by atoms with Gasteiger partial charge in [0.15, 0.2) is 5.82 Å². The summed E-state index contributed by atoms with van der Waals surface area (Å²) in [5.74, 6) is -0.153. The Morgan fingerprint density at radius 2 is 2.20 bits per heavy atom. The number of amides is 1. The highest BCUT2D eigenvalue weighted by Crippen LogP contribution is 2.07. The molecule has 2 aromatic heterocycles. The maximum Gasteiger partial charge on any atom is 0.412 e. The number of aryl methyl sites for hydroxylation is 1. The van der Waals surface area contributed by atoms with E-state index in [0.29, 0.717) is 11.4 Å². The maximum atomic E-state index is 11.9. The Labute approximate surface area is 113 Å². The van der Waals surface area contributed by atoms with E-state index in [1.165, 1.54) is 24.2 Å². The molecular formula is C10H13N7O3. The Kier molecular flexibility index (Phi) is 3.64. The molecule has 0 aliphatic carbocycles. The molecule has 106 valence electrons. The van der Waals surface area contributed by atoms with Crippen molar-refractivity contribution in [2.75, 3.05) is 18.2 Å². The van der Waals surface area contributed by atoms with Gasteiger partial charge in [-0.1, -0.05) is 5.21 Å². The number of ether oxygens (including phenoxy) is 1. The van der Waals surface area contributed by atoms with Gasteiger partial charge in [-0.3, -0.25) is 10.1 Å². The zero-order valence-corrected chi connectivity index (χ0v) is 10.9. The third-order valence-corrected chi connectivity index (χ3v) is 2.44. The second kappa shape index (κ2) is 5.38. The predicted octanol–water partition coefficient (Wildman–Crippen LogP) is -0.116. The molecule has 0 aromatic carbocycles. The average molecular weight is 279 g/mol. The van der Waals surface area contributed by atoms with E-state index >= 15 is 0 Å². The average Bonchev–Trinajstić information content (AvgIpc) is 2.97. The van der Waals surface area contributed by atoms with Crippen LogP contribution in [-0.4, -0.2) is 43.9 Å². The minimum atomic E-state index is -0.668. The molecule has 3 N–H and O–H groups in total. The van der Waals surface area contributed by atoms with E-state index in [2.05, 4.69) is 25.5 Å². The number of hydrogen-bond donors (Lipinski definition) is 2. The Morgan fingerprint density at radius 3 is 2.80 bits per heavy atom. The number of methoxy groups -OCH3 is 1. The zero-order valence-electron chi connectivity index (χ0n) is 10.9. The van der Waals surface area contributed by atoms with E-state index in [9.17, 15) is 9.59 Å². The molecule has 0 aliphatic rings. The standard InChI is InChI=1S/C10H13N7O3/c1-6-7(11)3-17(14-6)9(18)5-16-4-8(13-15-16)12-10(19)20-2/h3-4H,5,11H2,1-2H3,(H,12,19). The molecule has 20 heavy (non-hydrogen) atoms. The van der Waals surface area contributed by atoms with Crippen molar-refractivity contribution in [2.24, 2.45) is 0 Å². The van der Waals surface area contributed by atoms with Crippen molar-refractivity contribution in [1.29, 1.82) is 0 Å². The Balaban J connectivity index is 2.03. The topological polar surface area (TPSA) is 130 Å². The largest absolute Gasteiger partial charge is 0.453 e. The lowest BCUT2D eigenvalue weighted by molar-refractivity contribution is 0.0869. The van der Waals surface area contributed by atoms with Gasteiger partial charge in [0, 0.05) is 0 Å². The van der Waals surface area contributed by atoms with Crippen LogP contribution in [0, 0.1) is 6.92 Å². The first-order valence-corrected chi connectivity index (χ1v) is 5.59. The molecule has 10 nitrogen and oxygen atoms in total. The monoisotopic (exact) mass is 279 g/mol.